The molecule has 0 spiro atoms. The molecule has 0 radical (unpaired) electrons. The van der Waals surface area contributed by atoms with Gasteiger partial charge in [0, 0.05) is 6.04 Å². The van der Waals surface area contributed by atoms with Crippen molar-refractivity contribution >= 4 is 21.6 Å². The summed E-state index contributed by atoms with van der Waals surface area (Å²) >= 11 is 0. The molecule has 0 aromatic heterocycles. The molecule has 0 aliphatic carbocycles. The van der Waals surface area contributed by atoms with Gasteiger partial charge in [-0.05, 0) is 60.7 Å². The molecular formula is C27H32N2O4S. The smallest absolute Gasteiger partial charge is 0.264 e. The van der Waals surface area contributed by atoms with Gasteiger partial charge in [0.05, 0.1) is 17.7 Å². The van der Waals surface area contributed by atoms with E-state index in [0.717, 1.165) is 4.31 Å². The lowest BCUT2D eigenvalue weighted by atomic mass is 9.79. The molecule has 1 atom stereocenters. The van der Waals surface area contributed by atoms with Gasteiger partial charge in [-0.3, -0.25) is 9.10 Å². The van der Waals surface area contributed by atoms with E-state index < -0.39 is 10.0 Å². The number of benzene rings is 3. The first-order chi connectivity index (χ1) is 16.1. The second-order valence-corrected chi connectivity index (χ2v) is 10.8. The average Bonchev–Trinajstić information content (AvgIpc) is 2.83. The second-order valence-electron chi connectivity index (χ2n) is 8.95. The van der Waals surface area contributed by atoms with Crippen LogP contribution in [0.2, 0.25) is 0 Å². The van der Waals surface area contributed by atoms with Crippen molar-refractivity contribution in [2.24, 2.45) is 0 Å². The lowest BCUT2D eigenvalue weighted by Crippen LogP contribution is -2.45. The van der Waals surface area contributed by atoms with Crippen LogP contribution in [0.4, 0.5) is 5.69 Å². The number of amides is 1. The summed E-state index contributed by atoms with van der Waals surface area (Å²) in [5, 5.41) is 2.98. The lowest BCUT2D eigenvalue weighted by molar-refractivity contribution is -0.120. The number of hydrogen-bond acceptors (Lipinski definition) is 4. The Morgan fingerprint density at radius 1 is 0.941 bits per heavy atom. The van der Waals surface area contributed by atoms with E-state index in [0.29, 0.717) is 17.9 Å². The molecule has 1 N–H and O–H groups in total. The van der Waals surface area contributed by atoms with Crippen LogP contribution in [-0.4, -0.2) is 34.0 Å². The van der Waals surface area contributed by atoms with Gasteiger partial charge in [-0.25, -0.2) is 8.42 Å². The van der Waals surface area contributed by atoms with Gasteiger partial charge in [0.25, 0.3) is 10.0 Å². The van der Waals surface area contributed by atoms with Crippen LogP contribution in [0, 0.1) is 0 Å². The maximum Gasteiger partial charge on any atom is 0.264 e. The molecule has 0 saturated carbocycles. The summed E-state index contributed by atoms with van der Waals surface area (Å²) < 4.78 is 33.2. The Hall–Kier alpha value is -3.32. The third-order valence-electron chi connectivity index (χ3n) is 5.76. The zero-order valence-corrected chi connectivity index (χ0v) is 20.9. The molecule has 1 unspecified atom stereocenters. The number of methoxy groups -OCH3 is 1. The Kier molecular flexibility index (Phi) is 7.99. The monoisotopic (exact) mass is 480 g/mol. The van der Waals surface area contributed by atoms with Crippen molar-refractivity contribution in [3.8, 4) is 5.75 Å². The summed E-state index contributed by atoms with van der Waals surface area (Å²) in [5.41, 5.74) is 1.46. The highest BCUT2D eigenvalue weighted by Gasteiger charge is 2.29. The Balaban J connectivity index is 1.78. The number of carbonyl (C=O) groups excluding carboxylic acids is 1. The Morgan fingerprint density at radius 2 is 1.50 bits per heavy atom. The van der Waals surface area contributed by atoms with E-state index in [4.69, 9.17) is 4.74 Å². The molecule has 0 bridgehead atoms. The summed E-state index contributed by atoms with van der Waals surface area (Å²) in [4.78, 5) is 13.1. The van der Waals surface area contributed by atoms with E-state index in [9.17, 15) is 13.2 Å². The zero-order valence-electron chi connectivity index (χ0n) is 20.1. The summed E-state index contributed by atoms with van der Waals surface area (Å²) in [6.07, 6.45) is 0.708. The van der Waals surface area contributed by atoms with Gasteiger partial charge in [-0.15, -0.1) is 0 Å². The van der Waals surface area contributed by atoms with E-state index in [1.165, 1.54) is 24.8 Å². The first kappa shape index (κ1) is 25.3. The highest BCUT2D eigenvalue weighted by molar-refractivity contribution is 7.92. The summed E-state index contributed by atoms with van der Waals surface area (Å²) in [6.45, 7) is 5.88. The molecule has 7 heteroatoms. The summed E-state index contributed by atoms with van der Waals surface area (Å²) in [7, 11) is -2.45. The van der Waals surface area contributed by atoms with Crippen LogP contribution in [-0.2, 0) is 20.2 Å². The van der Waals surface area contributed by atoms with Crippen LogP contribution in [0.15, 0.2) is 89.8 Å². The summed E-state index contributed by atoms with van der Waals surface area (Å²) in [6, 6.07) is 24.8. The van der Waals surface area contributed by atoms with E-state index >= 15 is 0 Å². The molecule has 6 nitrogen and oxygen atoms in total. The topological polar surface area (TPSA) is 75.7 Å². The molecule has 34 heavy (non-hydrogen) atoms. The van der Waals surface area contributed by atoms with Crippen molar-refractivity contribution in [1.82, 2.24) is 5.32 Å². The van der Waals surface area contributed by atoms with Crippen LogP contribution < -0.4 is 14.4 Å². The number of nitrogens with one attached hydrogen (secondary N) is 1. The number of rotatable bonds is 10. The summed E-state index contributed by atoms with van der Waals surface area (Å²) in [5.74, 6) is 0.190. The highest BCUT2D eigenvalue weighted by atomic mass is 32.2. The van der Waals surface area contributed by atoms with E-state index in [2.05, 4.69) is 31.3 Å². The number of hydrogen-bond donors (Lipinski definition) is 1. The van der Waals surface area contributed by atoms with Gasteiger partial charge in [0.1, 0.15) is 12.3 Å². The van der Waals surface area contributed by atoms with E-state index in [1.807, 2.05) is 25.1 Å². The lowest BCUT2D eigenvalue weighted by Gasteiger charge is -2.30. The van der Waals surface area contributed by atoms with Gasteiger partial charge < -0.3 is 10.1 Å². The molecular weight excluding hydrogens is 448 g/mol. The third-order valence-corrected chi connectivity index (χ3v) is 7.55. The van der Waals surface area contributed by atoms with Crippen LogP contribution >= 0.6 is 0 Å². The highest BCUT2D eigenvalue weighted by Crippen LogP contribution is 2.28. The van der Waals surface area contributed by atoms with Gasteiger partial charge in [-0.2, -0.15) is 0 Å². The normalized spacial score (nSPS) is 12.6. The first-order valence-corrected chi connectivity index (χ1v) is 12.6. The van der Waals surface area contributed by atoms with Crippen molar-refractivity contribution in [3.63, 3.8) is 0 Å². The van der Waals surface area contributed by atoms with Gasteiger partial charge in [0.15, 0.2) is 0 Å². The Bertz CT molecular complexity index is 1180. The number of nitrogens with zero attached hydrogens (tertiary/aromatic N) is 1. The predicted octanol–water partition coefficient (Wildman–Crippen LogP) is 4.76. The van der Waals surface area contributed by atoms with Gasteiger partial charge in [-0.1, -0.05) is 62.4 Å². The minimum Gasteiger partial charge on any atom is -0.497 e. The van der Waals surface area contributed by atoms with Crippen LogP contribution in [0.25, 0.3) is 0 Å². The van der Waals surface area contributed by atoms with Crippen LogP contribution in [0.3, 0.4) is 0 Å². The quantitative estimate of drug-likeness (QED) is 0.454. The largest absolute Gasteiger partial charge is 0.497 e. The standard InChI is InChI=1S/C27H32N2O4S/c1-21(19-27(2,3)22-11-7-5-8-12-22)28-26(30)20-29(23-13-9-6-10-14-23)34(31,32)25-17-15-24(33-4)16-18-25/h5-18,21H,19-20H2,1-4H3,(H,28,30). The van der Waals surface area contributed by atoms with Crippen LogP contribution in [0.1, 0.15) is 32.8 Å². The molecule has 0 fully saturated rings. The van der Waals surface area contributed by atoms with Gasteiger partial charge >= 0.3 is 0 Å². The van der Waals surface area contributed by atoms with Crippen molar-refractivity contribution in [1.29, 1.82) is 0 Å². The molecule has 1 amide bonds. The molecule has 3 aromatic carbocycles. The third kappa shape index (κ3) is 6.17. The fourth-order valence-corrected chi connectivity index (χ4v) is 5.48. The fourth-order valence-electron chi connectivity index (χ4n) is 4.06. The molecule has 180 valence electrons. The number of anilines is 1. The number of carbonyl (C=O) groups is 1. The van der Waals surface area contributed by atoms with E-state index in [1.54, 1.807) is 42.5 Å². The SMILES string of the molecule is COc1ccc(S(=O)(=O)N(CC(=O)NC(C)CC(C)(C)c2ccccc2)c2ccccc2)cc1. The number of para-hydroxylation sites is 1. The van der Waals surface area contributed by atoms with Crippen LogP contribution in [0.5, 0.6) is 5.75 Å². The maximum absolute atomic E-state index is 13.5. The van der Waals surface area contributed by atoms with Gasteiger partial charge in [0.2, 0.25) is 5.91 Å². The average molecular weight is 481 g/mol. The minimum absolute atomic E-state index is 0.0863. The molecule has 3 rings (SSSR count). The van der Waals surface area contributed by atoms with Crippen molar-refractivity contribution < 1.29 is 17.9 Å². The van der Waals surface area contributed by atoms with Crippen molar-refractivity contribution in [2.75, 3.05) is 18.0 Å². The minimum atomic E-state index is -3.97. The molecule has 0 saturated heterocycles. The molecule has 0 aliphatic heterocycles. The molecule has 0 heterocycles. The Morgan fingerprint density at radius 3 is 2.06 bits per heavy atom. The second kappa shape index (κ2) is 10.7. The van der Waals surface area contributed by atoms with Crippen molar-refractivity contribution in [2.45, 2.75) is 43.5 Å². The maximum atomic E-state index is 13.5. The zero-order chi connectivity index (χ0) is 24.8. The Labute approximate surface area is 202 Å². The van der Waals surface area contributed by atoms with E-state index in [-0.39, 0.29) is 28.8 Å². The molecule has 0 aliphatic rings. The molecule has 3 aromatic rings. The fraction of sp³-hybridized carbons (Fsp3) is 0.296. The van der Waals surface area contributed by atoms with Crippen molar-refractivity contribution in [3.05, 3.63) is 90.5 Å². The number of sulfonamides is 1. The first-order valence-electron chi connectivity index (χ1n) is 11.2. The predicted molar refractivity (Wildman–Crippen MR) is 136 cm³/mol. The number of ether oxygens (including phenoxy) is 1.